The van der Waals surface area contributed by atoms with E-state index in [9.17, 15) is 8.78 Å². The van der Waals surface area contributed by atoms with Crippen LogP contribution in [0.5, 0.6) is 0 Å². The quantitative estimate of drug-likeness (QED) is 0.766. The summed E-state index contributed by atoms with van der Waals surface area (Å²) in [6, 6.07) is 6.26. The second-order valence-electron chi connectivity index (χ2n) is 3.35. The minimum absolute atomic E-state index is 0. The fourth-order valence-electron chi connectivity index (χ4n) is 1.64. The van der Waals surface area contributed by atoms with Crippen molar-refractivity contribution in [2.75, 3.05) is 6.54 Å². The summed E-state index contributed by atoms with van der Waals surface area (Å²) in [7, 11) is 0. The molecule has 1 aliphatic rings. The lowest BCUT2D eigenvalue weighted by molar-refractivity contribution is 0.356. The topological polar surface area (TPSA) is 12.0 Å². The van der Waals surface area contributed by atoms with Gasteiger partial charge in [0.15, 0.2) is 0 Å². The predicted molar refractivity (Wildman–Crippen MR) is 53.9 cm³/mol. The molecule has 1 heterocycles. The van der Waals surface area contributed by atoms with Crippen molar-refractivity contribution in [1.82, 2.24) is 5.32 Å². The molecule has 0 aliphatic carbocycles. The average molecular weight is 220 g/mol. The molecule has 0 bridgehead atoms. The Balaban J connectivity index is 0.000000980. The molecule has 0 radical (unpaired) electrons. The number of rotatable bonds is 1. The fraction of sp³-hybridized carbons (Fsp3) is 0.400. The van der Waals surface area contributed by atoms with E-state index in [1.165, 1.54) is 12.1 Å². The van der Waals surface area contributed by atoms with Crippen LogP contribution < -0.4 is 5.32 Å². The van der Waals surface area contributed by atoms with Gasteiger partial charge < -0.3 is 5.32 Å². The van der Waals surface area contributed by atoms with Crippen molar-refractivity contribution < 1.29 is 8.78 Å². The number of nitrogens with one attached hydrogen (secondary N) is 1. The number of hydrogen-bond acceptors (Lipinski definition) is 1. The third-order valence-corrected chi connectivity index (χ3v) is 2.35. The van der Waals surface area contributed by atoms with Gasteiger partial charge in [-0.2, -0.15) is 0 Å². The standard InChI is InChI=1S/C10H11F2N.ClH/c11-8-3-1-7(2-4-8)10-5-9(12)6-13-10;/h1-4,9-10,13H,5-6H2;1H. The van der Waals surface area contributed by atoms with Crippen molar-refractivity contribution in [2.24, 2.45) is 0 Å². The second-order valence-corrected chi connectivity index (χ2v) is 3.35. The molecule has 1 fully saturated rings. The highest BCUT2D eigenvalue weighted by molar-refractivity contribution is 5.85. The molecule has 2 atom stereocenters. The summed E-state index contributed by atoms with van der Waals surface area (Å²) in [6.07, 6.45) is -0.277. The maximum atomic E-state index is 12.8. The molecule has 0 saturated carbocycles. The monoisotopic (exact) mass is 219 g/mol. The van der Waals surface area contributed by atoms with Crippen molar-refractivity contribution in [2.45, 2.75) is 18.6 Å². The van der Waals surface area contributed by atoms with E-state index >= 15 is 0 Å². The second kappa shape index (κ2) is 4.71. The van der Waals surface area contributed by atoms with Gasteiger partial charge >= 0.3 is 0 Å². The minimum Gasteiger partial charge on any atom is -0.307 e. The highest BCUT2D eigenvalue weighted by Gasteiger charge is 2.24. The maximum Gasteiger partial charge on any atom is 0.123 e. The van der Waals surface area contributed by atoms with Crippen LogP contribution in [0, 0.1) is 5.82 Å². The van der Waals surface area contributed by atoms with Gasteiger partial charge in [-0.15, -0.1) is 12.4 Å². The van der Waals surface area contributed by atoms with Gasteiger partial charge in [0.1, 0.15) is 12.0 Å². The Morgan fingerprint density at radius 2 is 1.86 bits per heavy atom. The van der Waals surface area contributed by atoms with Gasteiger partial charge in [0, 0.05) is 12.6 Å². The van der Waals surface area contributed by atoms with Crippen molar-refractivity contribution in [3.8, 4) is 0 Å². The molecule has 1 aliphatic heterocycles. The fourth-order valence-corrected chi connectivity index (χ4v) is 1.64. The lowest BCUT2D eigenvalue weighted by atomic mass is 10.1. The maximum absolute atomic E-state index is 12.8. The Morgan fingerprint density at radius 1 is 1.21 bits per heavy atom. The molecule has 4 heteroatoms. The highest BCUT2D eigenvalue weighted by atomic mass is 35.5. The van der Waals surface area contributed by atoms with E-state index in [2.05, 4.69) is 5.32 Å². The highest BCUT2D eigenvalue weighted by Crippen LogP contribution is 2.24. The van der Waals surface area contributed by atoms with E-state index in [1.807, 2.05) is 0 Å². The van der Waals surface area contributed by atoms with Crippen LogP contribution in [0.2, 0.25) is 0 Å². The molecule has 2 unspecified atom stereocenters. The Labute approximate surface area is 87.9 Å². The normalized spacial score (nSPS) is 25.9. The largest absolute Gasteiger partial charge is 0.307 e. The summed E-state index contributed by atoms with van der Waals surface area (Å²) in [5.74, 6) is -0.251. The first kappa shape index (κ1) is 11.4. The van der Waals surface area contributed by atoms with E-state index in [4.69, 9.17) is 0 Å². The smallest absolute Gasteiger partial charge is 0.123 e. The summed E-state index contributed by atoms with van der Waals surface area (Å²) in [4.78, 5) is 0. The molecule has 1 nitrogen and oxygen atoms in total. The van der Waals surface area contributed by atoms with Crippen LogP contribution >= 0.6 is 12.4 Å². The van der Waals surface area contributed by atoms with E-state index < -0.39 is 6.17 Å². The summed E-state index contributed by atoms with van der Waals surface area (Å²) in [5.41, 5.74) is 0.960. The number of hydrogen-bond donors (Lipinski definition) is 1. The van der Waals surface area contributed by atoms with Crippen LogP contribution in [0.25, 0.3) is 0 Å². The van der Waals surface area contributed by atoms with Crippen LogP contribution in [-0.2, 0) is 0 Å². The van der Waals surface area contributed by atoms with Gasteiger partial charge in [-0.25, -0.2) is 8.78 Å². The number of alkyl halides is 1. The molecule has 78 valence electrons. The Bertz CT molecular complexity index is 289. The summed E-state index contributed by atoms with van der Waals surface area (Å²) >= 11 is 0. The Morgan fingerprint density at radius 3 is 2.36 bits per heavy atom. The molecule has 14 heavy (non-hydrogen) atoms. The van der Waals surface area contributed by atoms with Gasteiger partial charge in [0.05, 0.1) is 0 Å². The molecule has 0 aromatic heterocycles. The van der Waals surface area contributed by atoms with Gasteiger partial charge in [-0.05, 0) is 24.1 Å². The SMILES string of the molecule is Cl.Fc1ccc(C2CC(F)CN2)cc1. The first-order valence-corrected chi connectivity index (χ1v) is 4.38. The predicted octanol–water partition coefficient (Wildman–Crippen LogP) is 2.62. The van der Waals surface area contributed by atoms with Crippen molar-refractivity contribution >= 4 is 12.4 Å². The van der Waals surface area contributed by atoms with E-state index in [0.29, 0.717) is 13.0 Å². The zero-order chi connectivity index (χ0) is 9.26. The van der Waals surface area contributed by atoms with Crippen molar-refractivity contribution in [3.63, 3.8) is 0 Å². The van der Waals surface area contributed by atoms with E-state index in [1.54, 1.807) is 12.1 Å². The Kier molecular flexibility index (Phi) is 3.84. The third kappa shape index (κ3) is 2.42. The van der Waals surface area contributed by atoms with Crippen LogP contribution in [0.4, 0.5) is 8.78 Å². The van der Waals surface area contributed by atoms with Gasteiger partial charge in [0.25, 0.3) is 0 Å². The zero-order valence-electron chi connectivity index (χ0n) is 7.54. The van der Waals surface area contributed by atoms with Gasteiger partial charge in [-0.1, -0.05) is 12.1 Å². The molecule has 0 spiro atoms. The summed E-state index contributed by atoms with van der Waals surface area (Å²) < 4.78 is 25.4. The first-order chi connectivity index (χ1) is 6.25. The lowest BCUT2D eigenvalue weighted by Gasteiger charge is -2.09. The zero-order valence-corrected chi connectivity index (χ0v) is 8.36. The van der Waals surface area contributed by atoms with Crippen LogP contribution in [-0.4, -0.2) is 12.7 Å². The molecule has 1 aromatic carbocycles. The van der Waals surface area contributed by atoms with Gasteiger partial charge in [-0.3, -0.25) is 0 Å². The molecule has 1 aromatic rings. The number of benzene rings is 1. The third-order valence-electron chi connectivity index (χ3n) is 2.35. The molecule has 1 N–H and O–H groups in total. The molecular weight excluding hydrogens is 208 g/mol. The molecule has 0 amide bonds. The summed E-state index contributed by atoms with van der Waals surface area (Å²) in [5, 5.41) is 3.04. The van der Waals surface area contributed by atoms with Crippen molar-refractivity contribution in [3.05, 3.63) is 35.6 Å². The minimum atomic E-state index is -0.768. The average Bonchev–Trinajstić information content (AvgIpc) is 2.53. The van der Waals surface area contributed by atoms with E-state index in [0.717, 1.165) is 5.56 Å². The lowest BCUT2D eigenvalue weighted by Crippen LogP contribution is -2.13. The van der Waals surface area contributed by atoms with Crippen molar-refractivity contribution in [1.29, 1.82) is 0 Å². The molecule has 2 rings (SSSR count). The molecule has 1 saturated heterocycles. The van der Waals surface area contributed by atoms with Crippen LogP contribution in [0.3, 0.4) is 0 Å². The molecular formula is C10H12ClF2N. The van der Waals surface area contributed by atoms with Crippen LogP contribution in [0.15, 0.2) is 24.3 Å². The van der Waals surface area contributed by atoms with E-state index in [-0.39, 0.29) is 24.3 Å². The first-order valence-electron chi connectivity index (χ1n) is 4.38. The van der Waals surface area contributed by atoms with Gasteiger partial charge in [0.2, 0.25) is 0 Å². The van der Waals surface area contributed by atoms with Crippen LogP contribution in [0.1, 0.15) is 18.0 Å². The Hall–Kier alpha value is -0.670. The summed E-state index contributed by atoms with van der Waals surface area (Å²) in [6.45, 7) is 0.405. The number of halogens is 3.